The van der Waals surface area contributed by atoms with Gasteiger partial charge in [0.05, 0.1) is 5.71 Å². The molecule has 1 heterocycles. The summed E-state index contributed by atoms with van der Waals surface area (Å²) in [5, 5.41) is 5.44. The van der Waals surface area contributed by atoms with Crippen LogP contribution in [0.15, 0.2) is 157 Å². The molecule has 1 aromatic heterocycles. The summed E-state index contributed by atoms with van der Waals surface area (Å²) in [4.78, 5) is 4.67. The molecule has 0 aliphatic carbocycles. The first-order chi connectivity index (χ1) is 25.0. The first-order valence-electron chi connectivity index (χ1n) is 17.6. The summed E-state index contributed by atoms with van der Waals surface area (Å²) in [6, 6.07) is 53.7. The third-order valence-corrected chi connectivity index (χ3v) is 10.2. The third-order valence-electron chi connectivity index (χ3n) is 9.06. The highest BCUT2D eigenvalue weighted by Gasteiger charge is 2.14. The van der Waals surface area contributed by atoms with E-state index in [1.165, 1.54) is 64.3 Å². The molecule has 0 N–H and O–H groups in total. The molecule has 7 aromatic carbocycles. The second-order valence-corrected chi connectivity index (χ2v) is 13.5. The second-order valence-electron chi connectivity index (χ2n) is 12.4. The molecule has 0 bridgehead atoms. The van der Waals surface area contributed by atoms with Crippen LogP contribution in [0.4, 0.5) is 0 Å². The van der Waals surface area contributed by atoms with Crippen LogP contribution in [0.5, 0.6) is 0 Å². The molecule has 0 unspecified atom stereocenters. The van der Waals surface area contributed by atoms with E-state index in [0.29, 0.717) is 6.54 Å². The summed E-state index contributed by atoms with van der Waals surface area (Å²) in [7, 11) is 0. The Morgan fingerprint density at radius 3 is 2.00 bits per heavy atom. The molecule has 0 amide bonds. The van der Waals surface area contributed by atoms with Gasteiger partial charge in [0.2, 0.25) is 0 Å². The zero-order valence-electron chi connectivity index (χ0n) is 30.1. The van der Waals surface area contributed by atoms with Crippen molar-refractivity contribution in [2.75, 3.05) is 6.54 Å². The number of aryl methyl sites for hydroxylation is 3. The fraction of sp³-hybridized carbons (Fsp3) is 0.122. The lowest BCUT2D eigenvalue weighted by molar-refractivity contribution is 1.28. The highest BCUT2D eigenvalue weighted by molar-refractivity contribution is 7.26. The minimum Gasteiger partial charge on any atom is -0.271 e. The monoisotopic (exact) mass is 677 g/mol. The Kier molecular flexibility index (Phi) is 11.2. The molecular formula is C49H43NS. The van der Waals surface area contributed by atoms with Crippen LogP contribution < -0.4 is 0 Å². The van der Waals surface area contributed by atoms with Crippen molar-refractivity contribution in [3.8, 4) is 34.6 Å². The molecule has 250 valence electrons. The van der Waals surface area contributed by atoms with E-state index in [-0.39, 0.29) is 0 Å². The Morgan fingerprint density at radius 1 is 0.588 bits per heavy atom. The molecule has 0 aliphatic heterocycles. The Hall–Kier alpha value is -5.75. The summed E-state index contributed by atoms with van der Waals surface area (Å²) in [5.74, 6) is 2.62. The smallest absolute Gasteiger partial charge is 0.100 e. The molecule has 0 atom stereocenters. The van der Waals surface area contributed by atoms with Gasteiger partial charge in [0, 0.05) is 31.3 Å². The van der Waals surface area contributed by atoms with Crippen molar-refractivity contribution >= 4 is 48.0 Å². The van der Waals surface area contributed by atoms with Crippen LogP contribution >= 0.6 is 11.3 Å². The van der Waals surface area contributed by atoms with Crippen molar-refractivity contribution in [2.45, 2.75) is 34.6 Å². The number of thiophene rings is 1. The van der Waals surface area contributed by atoms with Crippen molar-refractivity contribution < 1.29 is 0 Å². The van der Waals surface area contributed by atoms with Crippen molar-refractivity contribution in [3.05, 3.63) is 179 Å². The van der Waals surface area contributed by atoms with Crippen LogP contribution in [-0.4, -0.2) is 12.3 Å². The molecule has 8 aromatic rings. The summed E-state index contributed by atoms with van der Waals surface area (Å²) >= 11 is 1.90. The quantitative estimate of drug-likeness (QED) is 0.127. The van der Waals surface area contributed by atoms with E-state index >= 15 is 0 Å². The van der Waals surface area contributed by atoms with Crippen LogP contribution in [0.3, 0.4) is 0 Å². The van der Waals surface area contributed by atoms with Crippen molar-refractivity contribution in [1.82, 2.24) is 0 Å². The average Bonchev–Trinajstić information content (AvgIpc) is 3.55. The number of hydrogen-bond acceptors (Lipinski definition) is 2. The van der Waals surface area contributed by atoms with Crippen LogP contribution in [-0.2, 0) is 0 Å². The first kappa shape index (κ1) is 35.1. The van der Waals surface area contributed by atoms with E-state index in [1.807, 2.05) is 49.4 Å². The number of nitrogens with zero attached hydrogens (tertiary/aromatic N) is 1. The maximum absolute atomic E-state index is 5.44. The van der Waals surface area contributed by atoms with Gasteiger partial charge in [0.1, 0.15) is 6.54 Å². The van der Waals surface area contributed by atoms with Crippen LogP contribution in [0.25, 0.3) is 53.2 Å². The zero-order valence-corrected chi connectivity index (χ0v) is 30.9. The molecule has 2 heteroatoms. The number of fused-ring (bicyclic) bond motifs is 5. The van der Waals surface area contributed by atoms with Crippen molar-refractivity contribution in [1.29, 1.82) is 0 Å². The maximum Gasteiger partial charge on any atom is 0.100 e. The predicted molar refractivity (Wildman–Crippen MR) is 225 cm³/mol. The predicted octanol–water partition coefficient (Wildman–Crippen LogP) is 13.7. The van der Waals surface area contributed by atoms with Gasteiger partial charge >= 0.3 is 0 Å². The van der Waals surface area contributed by atoms with E-state index in [1.54, 1.807) is 0 Å². The standard InChI is InChI=1S/C24H18S.C23H19N.C2H6/c1-15-7-3-5-9-18(15)20-14-21-23(13-16(20)2)25-22-12-11-17-8-4-6-10-19(17)24(21)22;1-3-17-24-23(20-9-5-4-6-10-20)22-12-8-7-11-21(22)19-15-13-18(2)14-16-19;1-2/h3-14H,1-2H3;1,4-16H,17H2,2H3;1-2H3. The maximum atomic E-state index is 5.44. The Morgan fingerprint density at radius 2 is 1.25 bits per heavy atom. The average molecular weight is 678 g/mol. The van der Waals surface area contributed by atoms with Crippen LogP contribution in [0, 0.1) is 33.1 Å². The summed E-state index contributed by atoms with van der Waals surface area (Å²) in [6.45, 7) is 10.9. The molecule has 0 fully saturated rings. The highest BCUT2D eigenvalue weighted by atomic mass is 32.1. The van der Waals surface area contributed by atoms with E-state index in [2.05, 4.69) is 159 Å². The highest BCUT2D eigenvalue weighted by Crippen LogP contribution is 2.41. The molecule has 1 nitrogen and oxygen atoms in total. The molecule has 0 spiro atoms. The molecule has 51 heavy (non-hydrogen) atoms. The fourth-order valence-corrected chi connectivity index (χ4v) is 7.79. The van der Waals surface area contributed by atoms with E-state index in [0.717, 1.165) is 22.4 Å². The third kappa shape index (κ3) is 7.56. The lowest BCUT2D eigenvalue weighted by Gasteiger charge is -2.13. The summed E-state index contributed by atoms with van der Waals surface area (Å²) < 4.78 is 2.75. The van der Waals surface area contributed by atoms with Gasteiger partial charge in [-0.3, -0.25) is 4.99 Å². The van der Waals surface area contributed by atoms with Gasteiger partial charge in [-0.2, -0.15) is 0 Å². The van der Waals surface area contributed by atoms with Gasteiger partial charge in [0.25, 0.3) is 0 Å². The van der Waals surface area contributed by atoms with E-state index in [4.69, 9.17) is 6.42 Å². The SMILES string of the molecule is C#CCN=C(c1ccccc1)c1ccccc1-c1ccc(C)cc1.CC.Cc1ccccc1-c1cc2c(cc1C)sc1ccc3ccccc3c12. The minimum absolute atomic E-state index is 0.368. The van der Waals surface area contributed by atoms with Gasteiger partial charge in [-0.15, -0.1) is 17.8 Å². The number of aliphatic imine (C=N–C) groups is 1. The number of terminal acetylenes is 1. The van der Waals surface area contributed by atoms with Crippen LogP contribution in [0.2, 0.25) is 0 Å². The lowest BCUT2D eigenvalue weighted by atomic mass is 9.93. The van der Waals surface area contributed by atoms with E-state index < -0.39 is 0 Å². The minimum atomic E-state index is 0.368. The van der Waals surface area contributed by atoms with Gasteiger partial charge in [0.15, 0.2) is 0 Å². The number of rotatable bonds is 5. The van der Waals surface area contributed by atoms with Crippen molar-refractivity contribution in [2.24, 2.45) is 4.99 Å². The summed E-state index contributed by atoms with van der Waals surface area (Å²) in [5.41, 5.74) is 12.1. The lowest BCUT2D eigenvalue weighted by Crippen LogP contribution is -2.06. The first-order valence-corrected chi connectivity index (χ1v) is 18.4. The molecular weight excluding hydrogens is 635 g/mol. The molecule has 0 saturated carbocycles. The largest absolute Gasteiger partial charge is 0.271 e. The molecule has 8 rings (SSSR count). The van der Waals surface area contributed by atoms with Gasteiger partial charge in [-0.1, -0.05) is 159 Å². The normalized spacial score (nSPS) is 11.0. The van der Waals surface area contributed by atoms with Gasteiger partial charge < -0.3 is 0 Å². The Labute approximate surface area is 307 Å². The van der Waals surface area contributed by atoms with Crippen molar-refractivity contribution in [3.63, 3.8) is 0 Å². The number of benzene rings is 7. The van der Waals surface area contributed by atoms with Gasteiger partial charge in [-0.05, 0) is 83.1 Å². The summed E-state index contributed by atoms with van der Waals surface area (Å²) in [6.07, 6.45) is 5.44. The van der Waals surface area contributed by atoms with Crippen LogP contribution in [0.1, 0.15) is 41.7 Å². The molecule has 0 saturated heterocycles. The Bertz CT molecular complexity index is 2490. The van der Waals surface area contributed by atoms with Gasteiger partial charge in [-0.25, -0.2) is 0 Å². The van der Waals surface area contributed by atoms with E-state index in [9.17, 15) is 0 Å². The molecule has 0 aliphatic rings. The second kappa shape index (κ2) is 16.3. The topological polar surface area (TPSA) is 12.4 Å². The number of hydrogen-bond donors (Lipinski definition) is 0. The Balaban J connectivity index is 0.000000168. The zero-order chi connectivity index (χ0) is 35.7. The molecule has 0 radical (unpaired) electrons. The fourth-order valence-electron chi connectivity index (χ4n) is 6.59.